The topological polar surface area (TPSA) is 23.8 Å². The van der Waals surface area contributed by atoms with Crippen LogP contribution in [-0.4, -0.2) is 0 Å². The summed E-state index contributed by atoms with van der Waals surface area (Å²) in [6, 6.07) is 27.3. The van der Waals surface area contributed by atoms with E-state index in [0.29, 0.717) is 5.56 Å². The monoisotopic (exact) mass is 405 g/mol. The van der Waals surface area contributed by atoms with E-state index < -0.39 is 0 Å². The lowest BCUT2D eigenvalue weighted by Gasteiger charge is -2.06. The van der Waals surface area contributed by atoms with Gasteiger partial charge in [-0.05, 0) is 65.8 Å². The van der Waals surface area contributed by atoms with Gasteiger partial charge in [0.05, 0.1) is 11.6 Å². The number of aryl methyl sites for hydroxylation is 2. The van der Waals surface area contributed by atoms with Gasteiger partial charge in [0.1, 0.15) is 0 Å². The van der Waals surface area contributed by atoms with Gasteiger partial charge in [-0.3, -0.25) is 0 Å². The minimum absolute atomic E-state index is 0.694. The van der Waals surface area contributed by atoms with Gasteiger partial charge in [0.2, 0.25) is 0 Å². The van der Waals surface area contributed by atoms with Crippen molar-refractivity contribution in [2.75, 3.05) is 0 Å². The maximum atomic E-state index is 8.93. The van der Waals surface area contributed by atoms with Crippen LogP contribution in [0.5, 0.6) is 0 Å². The van der Waals surface area contributed by atoms with Gasteiger partial charge < -0.3 is 0 Å². The van der Waals surface area contributed by atoms with Crippen LogP contribution >= 0.6 is 0 Å². The van der Waals surface area contributed by atoms with Crippen molar-refractivity contribution >= 4 is 0 Å². The molecule has 0 fully saturated rings. The number of rotatable bonds is 9. The van der Waals surface area contributed by atoms with Gasteiger partial charge in [0, 0.05) is 12.0 Å². The van der Waals surface area contributed by atoms with Crippen LogP contribution in [-0.2, 0) is 12.8 Å². The molecule has 3 aromatic carbocycles. The molecule has 0 radical (unpaired) electrons. The molecule has 3 rings (SSSR count). The number of benzene rings is 3. The highest BCUT2D eigenvalue weighted by molar-refractivity contribution is 5.64. The molecule has 0 N–H and O–H groups in total. The van der Waals surface area contributed by atoms with Gasteiger partial charge in [0.15, 0.2) is 0 Å². The van der Waals surface area contributed by atoms with E-state index >= 15 is 0 Å². The molecule has 0 aliphatic rings. The van der Waals surface area contributed by atoms with E-state index in [0.717, 1.165) is 30.4 Å². The number of hydrogen-bond donors (Lipinski definition) is 0. The minimum atomic E-state index is 0.694. The van der Waals surface area contributed by atoms with Crippen LogP contribution in [0.3, 0.4) is 0 Å². The first-order valence-corrected chi connectivity index (χ1v) is 11.5. The van der Waals surface area contributed by atoms with Crippen molar-refractivity contribution in [1.29, 1.82) is 5.26 Å². The summed E-state index contributed by atoms with van der Waals surface area (Å²) in [7, 11) is 0. The molecule has 0 aromatic heterocycles. The van der Waals surface area contributed by atoms with Crippen LogP contribution in [0.2, 0.25) is 0 Å². The lowest BCUT2D eigenvalue weighted by Crippen LogP contribution is -1.91. The van der Waals surface area contributed by atoms with Crippen molar-refractivity contribution in [3.05, 3.63) is 95.1 Å². The van der Waals surface area contributed by atoms with Gasteiger partial charge in [-0.25, -0.2) is 0 Å². The standard InChI is InChI=1S/C30H31N/c1-2-3-4-5-6-7-8-9-25-10-12-26(13-11-25)14-15-27-16-20-29(21-17-27)30-22-18-28(24-31)19-23-30/h10-13,16-23H,2-7,14-15H2,1H3. The SMILES string of the molecule is CCCCCCCC#Cc1ccc(CCc2ccc(-c3ccc(C#N)cc3)cc2)cc1. The predicted octanol–water partition coefficient (Wildman–Crippen LogP) is 7.72. The average Bonchev–Trinajstić information content (AvgIpc) is 2.83. The summed E-state index contributed by atoms with van der Waals surface area (Å²) in [4.78, 5) is 0. The van der Waals surface area contributed by atoms with Crippen molar-refractivity contribution < 1.29 is 0 Å². The molecular weight excluding hydrogens is 374 g/mol. The highest BCUT2D eigenvalue weighted by Gasteiger charge is 2.00. The fourth-order valence-electron chi connectivity index (χ4n) is 3.63. The largest absolute Gasteiger partial charge is 0.192 e. The van der Waals surface area contributed by atoms with Crippen molar-refractivity contribution in [1.82, 2.24) is 0 Å². The van der Waals surface area contributed by atoms with E-state index in [9.17, 15) is 0 Å². The second kappa shape index (κ2) is 12.4. The van der Waals surface area contributed by atoms with E-state index in [2.05, 4.69) is 73.4 Å². The quantitative estimate of drug-likeness (QED) is 0.264. The summed E-state index contributed by atoms with van der Waals surface area (Å²) >= 11 is 0. The third-order valence-electron chi connectivity index (χ3n) is 5.60. The molecular formula is C30H31N. The zero-order chi connectivity index (χ0) is 21.7. The maximum Gasteiger partial charge on any atom is 0.0991 e. The highest BCUT2D eigenvalue weighted by Crippen LogP contribution is 2.21. The third-order valence-corrected chi connectivity index (χ3v) is 5.60. The normalized spacial score (nSPS) is 10.2. The van der Waals surface area contributed by atoms with Gasteiger partial charge in [-0.2, -0.15) is 5.26 Å². The molecule has 0 spiro atoms. The molecule has 0 amide bonds. The molecule has 0 bridgehead atoms. The first kappa shape index (κ1) is 22.4. The van der Waals surface area contributed by atoms with Crippen LogP contribution in [0.25, 0.3) is 11.1 Å². The van der Waals surface area contributed by atoms with Gasteiger partial charge >= 0.3 is 0 Å². The number of nitriles is 1. The van der Waals surface area contributed by atoms with Gasteiger partial charge in [-0.1, -0.05) is 93.0 Å². The molecule has 31 heavy (non-hydrogen) atoms. The van der Waals surface area contributed by atoms with Crippen molar-refractivity contribution in [2.24, 2.45) is 0 Å². The lowest BCUT2D eigenvalue weighted by atomic mass is 9.99. The Morgan fingerprint density at radius 3 is 1.71 bits per heavy atom. The molecule has 0 saturated heterocycles. The molecule has 156 valence electrons. The molecule has 0 atom stereocenters. The Hall–Kier alpha value is -3.29. The zero-order valence-corrected chi connectivity index (χ0v) is 18.5. The molecule has 3 aromatic rings. The van der Waals surface area contributed by atoms with Crippen LogP contribution in [0.4, 0.5) is 0 Å². The average molecular weight is 406 g/mol. The zero-order valence-electron chi connectivity index (χ0n) is 18.5. The fraction of sp³-hybridized carbons (Fsp3) is 0.300. The first-order valence-electron chi connectivity index (χ1n) is 11.5. The molecule has 0 unspecified atom stereocenters. The summed E-state index contributed by atoms with van der Waals surface area (Å²) < 4.78 is 0. The molecule has 1 nitrogen and oxygen atoms in total. The van der Waals surface area contributed by atoms with E-state index in [1.54, 1.807) is 0 Å². The summed E-state index contributed by atoms with van der Waals surface area (Å²) in [5.74, 6) is 6.61. The second-order valence-electron chi connectivity index (χ2n) is 8.05. The predicted molar refractivity (Wildman–Crippen MR) is 131 cm³/mol. The molecule has 0 aliphatic heterocycles. The third kappa shape index (κ3) is 7.47. The molecule has 1 heteroatoms. The van der Waals surface area contributed by atoms with Crippen molar-refractivity contribution in [3.8, 4) is 29.0 Å². The fourth-order valence-corrected chi connectivity index (χ4v) is 3.63. The lowest BCUT2D eigenvalue weighted by molar-refractivity contribution is 0.641. The molecule has 0 aliphatic carbocycles. The Labute approximate surface area is 187 Å². The highest BCUT2D eigenvalue weighted by atomic mass is 14.2. The number of unbranched alkanes of at least 4 members (excludes halogenated alkanes) is 5. The van der Waals surface area contributed by atoms with E-state index in [1.165, 1.54) is 48.8 Å². The van der Waals surface area contributed by atoms with Crippen molar-refractivity contribution in [3.63, 3.8) is 0 Å². The Kier molecular flexibility index (Phi) is 8.97. The summed E-state index contributed by atoms with van der Waals surface area (Å²) in [5, 5.41) is 8.93. The van der Waals surface area contributed by atoms with Crippen molar-refractivity contribution in [2.45, 2.75) is 58.3 Å². The van der Waals surface area contributed by atoms with Crippen LogP contribution in [0.1, 0.15) is 67.7 Å². The van der Waals surface area contributed by atoms with Gasteiger partial charge in [-0.15, -0.1) is 0 Å². The first-order chi connectivity index (χ1) is 15.3. The van der Waals surface area contributed by atoms with E-state index in [-0.39, 0.29) is 0 Å². The van der Waals surface area contributed by atoms with E-state index in [1.807, 2.05) is 24.3 Å². The second-order valence-corrected chi connectivity index (χ2v) is 8.05. The summed E-state index contributed by atoms with van der Waals surface area (Å²) in [6.07, 6.45) is 9.55. The number of hydrogen-bond acceptors (Lipinski definition) is 1. The summed E-state index contributed by atoms with van der Waals surface area (Å²) in [6.45, 7) is 2.25. The minimum Gasteiger partial charge on any atom is -0.192 e. The Morgan fingerprint density at radius 1 is 0.613 bits per heavy atom. The Balaban J connectivity index is 1.46. The summed E-state index contributed by atoms with van der Waals surface area (Å²) in [5.41, 5.74) is 6.82. The van der Waals surface area contributed by atoms with Crippen LogP contribution in [0, 0.1) is 23.2 Å². The Morgan fingerprint density at radius 2 is 1.13 bits per heavy atom. The van der Waals surface area contributed by atoms with Crippen LogP contribution < -0.4 is 0 Å². The van der Waals surface area contributed by atoms with Gasteiger partial charge in [0.25, 0.3) is 0 Å². The van der Waals surface area contributed by atoms with E-state index in [4.69, 9.17) is 5.26 Å². The molecule has 0 saturated carbocycles. The number of nitrogens with zero attached hydrogens (tertiary/aromatic N) is 1. The van der Waals surface area contributed by atoms with Crippen LogP contribution in [0.15, 0.2) is 72.8 Å². The molecule has 0 heterocycles. The maximum absolute atomic E-state index is 8.93. The Bertz CT molecular complexity index is 1020. The smallest absolute Gasteiger partial charge is 0.0991 e.